The van der Waals surface area contributed by atoms with Gasteiger partial charge in [0.1, 0.15) is 0 Å². The van der Waals surface area contributed by atoms with E-state index in [1.807, 2.05) is 22.7 Å². The normalized spacial score (nSPS) is 16.2. The highest BCUT2D eigenvalue weighted by atomic mass is 16.2. The highest BCUT2D eigenvalue weighted by molar-refractivity contribution is 5.92. The number of aryl methyl sites for hydroxylation is 2. The van der Waals surface area contributed by atoms with Gasteiger partial charge in [0.05, 0.1) is 0 Å². The summed E-state index contributed by atoms with van der Waals surface area (Å²) in [5.74, 6) is 0.0597. The predicted molar refractivity (Wildman–Crippen MR) is 66.0 cm³/mol. The minimum Gasteiger partial charge on any atom is -0.335 e. The van der Waals surface area contributed by atoms with Crippen LogP contribution < -0.4 is 5.32 Å². The topological polar surface area (TPSA) is 50.2 Å². The molecule has 0 saturated carbocycles. The van der Waals surface area contributed by atoms with Gasteiger partial charge < -0.3 is 10.2 Å². The molecule has 0 aromatic carbocycles. The summed E-state index contributed by atoms with van der Waals surface area (Å²) in [5.41, 5.74) is 1.71. The number of rotatable bonds is 3. The maximum atomic E-state index is 12.2. The Labute approximate surface area is 102 Å². The second-order valence-electron chi connectivity index (χ2n) is 4.44. The van der Waals surface area contributed by atoms with Crippen molar-refractivity contribution in [3.63, 3.8) is 0 Å². The number of piperazine rings is 1. The summed E-state index contributed by atoms with van der Waals surface area (Å²) in [6.45, 7) is 5.43. The molecule has 5 nitrogen and oxygen atoms in total. The summed E-state index contributed by atoms with van der Waals surface area (Å²) in [7, 11) is 1.90. The Balaban J connectivity index is 2.10. The van der Waals surface area contributed by atoms with Crippen LogP contribution in [0.2, 0.25) is 0 Å². The fourth-order valence-electron chi connectivity index (χ4n) is 2.13. The lowest BCUT2D eigenvalue weighted by atomic mass is 10.2. The van der Waals surface area contributed by atoms with Crippen LogP contribution in [0.25, 0.3) is 0 Å². The molecule has 1 fully saturated rings. The van der Waals surface area contributed by atoms with Crippen molar-refractivity contribution >= 4 is 5.91 Å². The van der Waals surface area contributed by atoms with Gasteiger partial charge in [-0.2, -0.15) is 5.10 Å². The van der Waals surface area contributed by atoms with Crippen LogP contribution >= 0.6 is 0 Å². The van der Waals surface area contributed by atoms with Crippen molar-refractivity contribution < 1.29 is 4.79 Å². The summed E-state index contributed by atoms with van der Waals surface area (Å²) >= 11 is 0. The molecule has 0 spiro atoms. The van der Waals surface area contributed by atoms with Gasteiger partial charge in [0.15, 0.2) is 5.69 Å². The monoisotopic (exact) mass is 236 g/mol. The van der Waals surface area contributed by atoms with Gasteiger partial charge in [-0.3, -0.25) is 9.48 Å². The molecule has 0 radical (unpaired) electrons. The molecule has 1 saturated heterocycles. The van der Waals surface area contributed by atoms with Crippen molar-refractivity contribution in [2.45, 2.75) is 19.8 Å². The van der Waals surface area contributed by atoms with E-state index in [-0.39, 0.29) is 5.91 Å². The molecular formula is C12H20N4O. The minimum atomic E-state index is 0.0597. The molecule has 0 unspecified atom stereocenters. The SMILES string of the molecule is CCCc1cc(C(=O)N2CCNCC2)nn1C. The Morgan fingerprint density at radius 1 is 1.47 bits per heavy atom. The van der Waals surface area contributed by atoms with Crippen molar-refractivity contribution in [2.75, 3.05) is 26.2 Å². The summed E-state index contributed by atoms with van der Waals surface area (Å²) in [5, 5.41) is 7.55. The zero-order chi connectivity index (χ0) is 12.3. The molecule has 1 amide bonds. The first-order chi connectivity index (χ1) is 8.22. The third-order valence-electron chi connectivity index (χ3n) is 3.11. The number of carbonyl (C=O) groups excluding carboxylic acids is 1. The molecular weight excluding hydrogens is 216 g/mol. The molecule has 1 aliphatic heterocycles. The lowest BCUT2D eigenvalue weighted by Crippen LogP contribution is -2.46. The van der Waals surface area contributed by atoms with Crippen LogP contribution in [0.5, 0.6) is 0 Å². The summed E-state index contributed by atoms with van der Waals surface area (Å²) in [6, 6.07) is 1.92. The average molecular weight is 236 g/mol. The molecule has 2 heterocycles. The molecule has 94 valence electrons. The summed E-state index contributed by atoms with van der Waals surface area (Å²) < 4.78 is 1.82. The Bertz CT molecular complexity index is 393. The number of amides is 1. The first kappa shape index (κ1) is 12.1. The van der Waals surface area contributed by atoms with Crippen molar-refractivity contribution in [2.24, 2.45) is 7.05 Å². The fraction of sp³-hybridized carbons (Fsp3) is 0.667. The third-order valence-corrected chi connectivity index (χ3v) is 3.11. The van der Waals surface area contributed by atoms with Gasteiger partial charge in [-0.05, 0) is 12.5 Å². The zero-order valence-electron chi connectivity index (χ0n) is 10.6. The van der Waals surface area contributed by atoms with Gasteiger partial charge in [-0.15, -0.1) is 0 Å². The lowest BCUT2D eigenvalue weighted by molar-refractivity contribution is 0.0729. The molecule has 1 aliphatic rings. The van der Waals surface area contributed by atoms with Crippen molar-refractivity contribution in [3.8, 4) is 0 Å². The van der Waals surface area contributed by atoms with E-state index in [2.05, 4.69) is 17.3 Å². The van der Waals surface area contributed by atoms with E-state index in [4.69, 9.17) is 0 Å². The van der Waals surface area contributed by atoms with Gasteiger partial charge in [-0.1, -0.05) is 13.3 Å². The molecule has 1 aromatic rings. The van der Waals surface area contributed by atoms with E-state index in [1.54, 1.807) is 0 Å². The summed E-state index contributed by atoms with van der Waals surface area (Å²) in [6.07, 6.45) is 2.04. The van der Waals surface area contributed by atoms with Crippen LogP contribution in [0, 0.1) is 0 Å². The first-order valence-corrected chi connectivity index (χ1v) is 6.25. The van der Waals surface area contributed by atoms with Gasteiger partial charge in [0, 0.05) is 38.9 Å². The van der Waals surface area contributed by atoms with Crippen molar-refractivity contribution in [1.29, 1.82) is 0 Å². The van der Waals surface area contributed by atoms with E-state index < -0.39 is 0 Å². The number of aromatic nitrogens is 2. The maximum Gasteiger partial charge on any atom is 0.274 e. The molecule has 1 N–H and O–H groups in total. The smallest absolute Gasteiger partial charge is 0.274 e. The summed E-state index contributed by atoms with van der Waals surface area (Å²) in [4.78, 5) is 14.1. The van der Waals surface area contributed by atoms with E-state index in [9.17, 15) is 4.79 Å². The molecule has 17 heavy (non-hydrogen) atoms. The molecule has 0 aliphatic carbocycles. The highest BCUT2D eigenvalue weighted by Crippen LogP contribution is 2.09. The third kappa shape index (κ3) is 2.66. The van der Waals surface area contributed by atoms with Crippen LogP contribution in [-0.2, 0) is 13.5 Å². The van der Waals surface area contributed by atoms with Crippen LogP contribution in [0.15, 0.2) is 6.07 Å². The Kier molecular flexibility index (Phi) is 3.78. The minimum absolute atomic E-state index is 0.0597. The quantitative estimate of drug-likeness (QED) is 0.827. The number of nitrogens with one attached hydrogen (secondary N) is 1. The van der Waals surface area contributed by atoms with Crippen LogP contribution in [-0.4, -0.2) is 46.8 Å². The van der Waals surface area contributed by atoms with Crippen LogP contribution in [0.4, 0.5) is 0 Å². The Hall–Kier alpha value is -1.36. The van der Waals surface area contributed by atoms with Crippen LogP contribution in [0.1, 0.15) is 29.5 Å². The molecule has 1 aromatic heterocycles. The lowest BCUT2D eigenvalue weighted by Gasteiger charge is -2.26. The predicted octanol–water partition coefficient (Wildman–Crippen LogP) is 0.418. The zero-order valence-corrected chi connectivity index (χ0v) is 10.6. The number of carbonyl (C=O) groups is 1. The second-order valence-corrected chi connectivity index (χ2v) is 4.44. The van der Waals surface area contributed by atoms with E-state index >= 15 is 0 Å². The van der Waals surface area contributed by atoms with E-state index in [0.29, 0.717) is 5.69 Å². The molecule has 0 bridgehead atoms. The van der Waals surface area contributed by atoms with Gasteiger partial charge in [0.2, 0.25) is 0 Å². The molecule has 0 atom stereocenters. The van der Waals surface area contributed by atoms with E-state index in [0.717, 1.165) is 44.7 Å². The van der Waals surface area contributed by atoms with Gasteiger partial charge in [0.25, 0.3) is 5.91 Å². The Morgan fingerprint density at radius 3 is 2.82 bits per heavy atom. The van der Waals surface area contributed by atoms with Gasteiger partial charge in [-0.25, -0.2) is 0 Å². The number of hydrogen-bond acceptors (Lipinski definition) is 3. The molecule has 2 rings (SSSR count). The van der Waals surface area contributed by atoms with Gasteiger partial charge >= 0.3 is 0 Å². The second kappa shape index (κ2) is 5.31. The Morgan fingerprint density at radius 2 is 2.18 bits per heavy atom. The average Bonchev–Trinajstić information content (AvgIpc) is 2.72. The largest absolute Gasteiger partial charge is 0.335 e. The number of hydrogen-bond donors (Lipinski definition) is 1. The van der Waals surface area contributed by atoms with Crippen molar-refractivity contribution in [1.82, 2.24) is 20.0 Å². The highest BCUT2D eigenvalue weighted by Gasteiger charge is 2.20. The van der Waals surface area contributed by atoms with E-state index in [1.165, 1.54) is 0 Å². The first-order valence-electron chi connectivity index (χ1n) is 6.25. The number of nitrogens with zero attached hydrogens (tertiary/aromatic N) is 3. The maximum absolute atomic E-state index is 12.2. The van der Waals surface area contributed by atoms with Crippen LogP contribution in [0.3, 0.4) is 0 Å². The fourth-order valence-corrected chi connectivity index (χ4v) is 2.13. The van der Waals surface area contributed by atoms with Crippen molar-refractivity contribution in [3.05, 3.63) is 17.5 Å². The molecule has 5 heteroatoms. The standard InChI is InChI=1S/C12H20N4O/c1-3-4-10-9-11(14-15(10)2)12(17)16-7-5-13-6-8-16/h9,13H,3-8H2,1-2H3.